The van der Waals surface area contributed by atoms with E-state index in [1.54, 1.807) is 24.3 Å². The van der Waals surface area contributed by atoms with Gasteiger partial charge in [-0.3, -0.25) is 4.79 Å². The molecule has 6 nitrogen and oxygen atoms in total. The molecule has 3 aromatic carbocycles. The molecule has 0 radical (unpaired) electrons. The summed E-state index contributed by atoms with van der Waals surface area (Å²) in [6.07, 6.45) is 6.89. The Morgan fingerprint density at radius 2 is 1.41 bits per heavy atom. The zero-order chi connectivity index (χ0) is 29.7. The number of hydrogen-bond acceptors (Lipinski definition) is 4. The Balaban J connectivity index is 1.25. The SMILES string of the molecule is C[N+](C)(C)C(Cc1ccccc1)C(=O)NCCCCCCCCOc1ccc(OC(=O)c2cccc(F)c2F)cc1. The van der Waals surface area contributed by atoms with Gasteiger partial charge in [-0.25, -0.2) is 13.6 Å². The van der Waals surface area contributed by atoms with Gasteiger partial charge in [-0.2, -0.15) is 0 Å². The molecule has 8 heteroatoms. The van der Waals surface area contributed by atoms with Crippen molar-refractivity contribution in [3.63, 3.8) is 0 Å². The number of carbonyl (C=O) groups excluding carboxylic acids is 2. The third-order valence-electron chi connectivity index (χ3n) is 6.85. The first kappa shape index (κ1) is 31.7. The minimum absolute atomic E-state index is 0.102. The van der Waals surface area contributed by atoms with E-state index < -0.39 is 23.2 Å². The van der Waals surface area contributed by atoms with Gasteiger partial charge >= 0.3 is 5.97 Å². The Hall–Kier alpha value is -3.78. The van der Waals surface area contributed by atoms with Gasteiger partial charge in [-0.1, -0.05) is 62.1 Å². The number of hydrogen-bond donors (Lipinski definition) is 1. The summed E-state index contributed by atoms with van der Waals surface area (Å²) >= 11 is 0. The molecule has 0 aliphatic rings. The monoisotopic (exact) mass is 567 g/mol. The third kappa shape index (κ3) is 10.6. The fourth-order valence-electron chi connectivity index (χ4n) is 4.44. The summed E-state index contributed by atoms with van der Waals surface area (Å²) in [6, 6.07) is 19.8. The minimum atomic E-state index is -1.23. The van der Waals surface area contributed by atoms with Gasteiger partial charge in [0.1, 0.15) is 11.5 Å². The molecule has 1 atom stereocenters. The first-order valence-electron chi connectivity index (χ1n) is 14.2. The maximum atomic E-state index is 13.8. The van der Waals surface area contributed by atoms with Crippen LogP contribution < -0.4 is 14.8 Å². The summed E-state index contributed by atoms with van der Waals surface area (Å²) in [4.78, 5) is 25.0. The van der Waals surface area contributed by atoms with E-state index in [-0.39, 0.29) is 17.7 Å². The lowest BCUT2D eigenvalue weighted by atomic mass is 10.0. The lowest BCUT2D eigenvalue weighted by molar-refractivity contribution is -0.886. The zero-order valence-corrected chi connectivity index (χ0v) is 24.2. The van der Waals surface area contributed by atoms with Gasteiger partial charge in [-0.05, 0) is 54.8 Å². The van der Waals surface area contributed by atoms with Crippen LogP contribution >= 0.6 is 0 Å². The molecule has 3 aromatic rings. The van der Waals surface area contributed by atoms with Crippen LogP contribution in [0, 0.1) is 11.6 Å². The van der Waals surface area contributed by atoms with Crippen LogP contribution in [0.25, 0.3) is 0 Å². The maximum Gasteiger partial charge on any atom is 0.346 e. The predicted molar refractivity (Wildman–Crippen MR) is 156 cm³/mol. The summed E-state index contributed by atoms with van der Waals surface area (Å²) in [5, 5.41) is 3.13. The average Bonchev–Trinajstić information content (AvgIpc) is 2.94. The number of carbonyl (C=O) groups is 2. The fourth-order valence-corrected chi connectivity index (χ4v) is 4.44. The third-order valence-corrected chi connectivity index (χ3v) is 6.85. The highest BCUT2D eigenvalue weighted by molar-refractivity contribution is 5.91. The number of ether oxygens (including phenoxy) is 2. The number of rotatable bonds is 16. The number of esters is 1. The van der Waals surface area contributed by atoms with Crippen molar-refractivity contribution >= 4 is 11.9 Å². The van der Waals surface area contributed by atoms with Crippen molar-refractivity contribution in [2.24, 2.45) is 0 Å². The van der Waals surface area contributed by atoms with E-state index in [0.29, 0.717) is 29.8 Å². The molecule has 0 aromatic heterocycles. The van der Waals surface area contributed by atoms with Crippen LogP contribution in [0.15, 0.2) is 72.8 Å². The maximum absolute atomic E-state index is 13.8. The van der Waals surface area contributed by atoms with Gasteiger partial charge in [0.15, 0.2) is 17.7 Å². The Bertz CT molecular complexity index is 1240. The van der Waals surface area contributed by atoms with Gasteiger partial charge in [-0.15, -0.1) is 0 Å². The number of nitrogens with zero attached hydrogens (tertiary/aromatic N) is 1. The molecule has 0 saturated carbocycles. The largest absolute Gasteiger partial charge is 0.494 e. The minimum Gasteiger partial charge on any atom is -0.494 e. The Morgan fingerprint density at radius 1 is 0.780 bits per heavy atom. The van der Waals surface area contributed by atoms with Crippen LogP contribution in [0.3, 0.4) is 0 Å². The van der Waals surface area contributed by atoms with Crippen LogP contribution in [-0.4, -0.2) is 56.7 Å². The van der Waals surface area contributed by atoms with E-state index in [1.807, 2.05) is 18.2 Å². The number of benzene rings is 3. The highest BCUT2D eigenvalue weighted by Crippen LogP contribution is 2.20. The van der Waals surface area contributed by atoms with Crippen LogP contribution in [-0.2, 0) is 11.2 Å². The summed E-state index contributed by atoms with van der Waals surface area (Å²) in [5.41, 5.74) is 0.713. The summed E-state index contributed by atoms with van der Waals surface area (Å²) < 4.78 is 38.5. The Labute approximate surface area is 241 Å². The molecule has 0 fully saturated rings. The second kappa shape index (κ2) is 15.9. The van der Waals surface area contributed by atoms with Crippen molar-refractivity contribution in [1.29, 1.82) is 0 Å². The van der Waals surface area contributed by atoms with Crippen LogP contribution in [0.4, 0.5) is 8.78 Å². The number of amides is 1. The second-order valence-corrected chi connectivity index (χ2v) is 11.0. The molecule has 1 amide bonds. The smallest absolute Gasteiger partial charge is 0.346 e. The summed E-state index contributed by atoms with van der Waals surface area (Å²) in [7, 11) is 6.18. The molecular formula is C33H41F2N2O4+. The van der Waals surface area contributed by atoms with Crippen molar-refractivity contribution in [2.45, 2.75) is 51.0 Å². The summed E-state index contributed by atoms with van der Waals surface area (Å²) in [5.74, 6) is -2.34. The normalized spacial score (nSPS) is 12.0. The molecular weight excluding hydrogens is 526 g/mol. The molecule has 0 bridgehead atoms. The molecule has 0 spiro atoms. The predicted octanol–water partition coefficient (Wildman–Crippen LogP) is 6.34. The van der Waals surface area contributed by atoms with E-state index in [9.17, 15) is 18.4 Å². The average molecular weight is 568 g/mol. The topological polar surface area (TPSA) is 64.6 Å². The van der Waals surface area contributed by atoms with E-state index >= 15 is 0 Å². The van der Waals surface area contributed by atoms with Crippen LogP contribution in [0.2, 0.25) is 0 Å². The number of halogens is 2. The van der Waals surface area contributed by atoms with Crippen molar-refractivity contribution in [2.75, 3.05) is 34.3 Å². The number of unbranched alkanes of at least 4 members (excludes halogenated alkanes) is 5. The van der Waals surface area contributed by atoms with Crippen molar-refractivity contribution < 1.29 is 32.3 Å². The molecule has 1 unspecified atom stereocenters. The standard InChI is InChI=1S/C33H40F2N2O4/c1-37(2,3)30(24-25-14-9-8-10-15-25)32(38)36-22-11-6-4-5-7-12-23-40-26-18-20-27(21-19-26)41-33(39)28-16-13-17-29(34)31(28)35/h8-10,13-21,30H,4-7,11-12,22-24H2,1-3H3/p+1. The van der Waals surface area contributed by atoms with Crippen molar-refractivity contribution in [3.8, 4) is 11.5 Å². The Kier molecular flexibility index (Phi) is 12.3. The van der Waals surface area contributed by atoms with Crippen LogP contribution in [0.1, 0.15) is 54.4 Å². The lowest BCUT2D eigenvalue weighted by Gasteiger charge is -2.33. The van der Waals surface area contributed by atoms with E-state index in [4.69, 9.17) is 9.47 Å². The van der Waals surface area contributed by atoms with Gasteiger partial charge in [0.25, 0.3) is 5.91 Å². The molecule has 0 heterocycles. The van der Waals surface area contributed by atoms with E-state index in [2.05, 4.69) is 38.6 Å². The molecule has 0 aliphatic heterocycles. The van der Waals surface area contributed by atoms with Gasteiger partial charge in [0.2, 0.25) is 0 Å². The van der Waals surface area contributed by atoms with E-state index in [1.165, 1.54) is 17.7 Å². The van der Waals surface area contributed by atoms with Crippen molar-refractivity contribution in [3.05, 3.63) is 95.6 Å². The van der Waals surface area contributed by atoms with Gasteiger partial charge in [0.05, 0.1) is 33.3 Å². The highest BCUT2D eigenvalue weighted by Gasteiger charge is 2.31. The molecule has 41 heavy (non-hydrogen) atoms. The molecule has 0 saturated heterocycles. The van der Waals surface area contributed by atoms with Crippen molar-refractivity contribution in [1.82, 2.24) is 5.32 Å². The zero-order valence-electron chi connectivity index (χ0n) is 24.2. The summed E-state index contributed by atoms with van der Waals surface area (Å²) in [6.45, 7) is 1.26. The highest BCUT2D eigenvalue weighted by atomic mass is 19.2. The molecule has 220 valence electrons. The van der Waals surface area contributed by atoms with E-state index in [0.717, 1.165) is 44.6 Å². The molecule has 0 aliphatic carbocycles. The number of nitrogens with one attached hydrogen (secondary N) is 1. The number of quaternary nitrogens is 1. The second-order valence-electron chi connectivity index (χ2n) is 11.0. The van der Waals surface area contributed by atoms with Crippen LogP contribution in [0.5, 0.6) is 11.5 Å². The van der Waals surface area contributed by atoms with Gasteiger partial charge in [0, 0.05) is 13.0 Å². The molecule has 3 rings (SSSR count). The first-order valence-corrected chi connectivity index (χ1v) is 14.2. The molecule has 1 N–H and O–H groups in total. The first-order chi connectivity index (χ1) is 19.6. The fraction of sp³-hybridized carbons (Fsp3) is 0.394. The quantitative estimate of drug-likeness (QED) is 0.0950. The Morgan fingerprint density at radius 3 is 2.10 bits per heavy atom. The number of likely N-dealkylation sites (N-methyl/N-ethyl adjacent to an activating group) is 1. The lowest BCUT2D eigenvalue weighted by Crippen LogP contribution is -2.55. The van der Waals surface area contributed by atoms with Gasteiger partial charge < -0.3 is 19.3 Å².